The maximum absolute atomic E-state index is 12.6. The molecule has 160 valence electrons. The molecule has 0 spiro atoms. The van der Waals surface area contributed by atoms with Gasteiger partial charge in [0.05, 0.1) is 12.1 Å². The van der Waals surface area contributed by atoms with E-state index >= 15 is 0 Å². The number of carboxylic acid groups (broad SMARTS) is 1. The zero-order valence-electron chi connectivity index (χ0n) is 15.2. The lowest BCUT2D eigenvalue weighted by molar-refractivity contribution is -0.150. The number of β-lactam (4-membered cyclic amide) rings is 1. The smallest absolute Gasteiger partial charge is 0.352 e. The number of alkyl halides is 1. The fourth-order valence-corrected chi connectivity index (χ4v) is 5.79. The van der Waals surface area contributed by atoms with Gasteiger partial charge in [0.15, 0.2) is 0 Å². The predicted octanol–water partition coefficient (Wildman–Crippen LogP) is 0.179. The number of Topliss-reactive ketones (excluding diaryl/α,β-unsaturated/α-hetero) is 1. The Labute approximate surface area is 187 Å². The van der Waals surface area contributed by atoms with Crippen molar-refractivity contribution in [2.75, 3.05) is 24.5 Å². The number of hydrogen-bond acceptors (Lipinski definition) is 11. The molecule has 2 aliphatic rings. The molecule has 1 aromatic heterocycles. The minimum Gasteiger partial charge on any atom is -0.477 e. The number of carboxylic acids is 1. The van der Waals surface area contributed by atoms with Gasteiger partial charge in [-0.1, -0.05) is 9.64 Å². The summed E-state index contributed by atoms with van der Waals surface area (Å²) in [6.07, 6.45) is 1.58. The van der Waals surface area contributed by atoms with Crippen molar-refractivity contribution < 1.29 is 29.1 Å². The van der Waals surface area contributed by atoms with E-state index in [4.69, 9.17) is 11.6 Å². The van der Waals surface area contributed by atoms with Gasteiger partial charge in [-0.3, -0.25) is 19.3 Å². The summed E-state index contributed by atoms with van der Waals surface area (Å²) in [5.41, 5.74) is -0.0788. The number of nitrogens with one attached hydrogen (secondary N) is 1. The first kappa shape index (κ1) is 22.5. The van der Waals surface area contributed by atoms with Crippen LogP contribution in [0.15, 0.2) is 26.8 Å². The van der Waals surface area contributed by atoms with Crippen molar-refractivity contribution in [3.8, 4) is 0 Å². The number of ketones is 1. The van der Waals surface area contributed by atoms with Crippen LogP contribution in [-0.2, 0) is 24.0 Å². The third-order valence-corrected chi connectivity index (χ3v) is 7.55. The first-order valence-electron chi connectivity index (χ1n) is 8.20. The molecular weight excluding hydrogens is 478 g/mol. The number of aliphatic carboxylic acids is 1. The van der Waals surface area contributed by atoms with Gasteiger partial charge in [0, 0.05) is 11.5 Å². The number of hydrogen-bond donors (Lipinski definition) is 2. The van der Waals surface area contributed by atoms with Crippen molar-refractivity contribution in [1.82, 2.24) is 19.8 Å². The summed E-state index contributed by atoms with van der Waals surface area (Å²) in [6.45, 7) is 0. The number of carbonyl (C=O) groups is 4. The lowest BCUT2D eigenvalue weighted by atomic mass is 10.0. The summed E-state index contributed by atoms with van der Waals surface area (Å²) in [7, 11) is 1.16. The monoisotopic (exact) mass is 491 g/mol. The van der Waals surface area contributed by atoms with Gasteiger partial charge in [-0.25, -0.2) is 4.79 Å². The van der Waals surface area contributed by atoms with Crippen LogP contribution in [0.5, 0.6) is 0 Å². The average molecular weight is 492 g/mol. The van der Waals surface area contributed by atoms with E-state index < -0.39 is 46.6 Å². The summed E-state index contributed by atoms with van der Waals surface area (Å²) < 4.78 is 4.58. The van der Waals surface area contributed by atoms with E-state index in [-0.39, 0.29) is 5.70 Å². The second-order valence-corrected chi connectivity index (χ2v) is 9.26. The molecular formula is C15H14ClN5O6S3. The quantitative estimate of drug-likeness (QED) is 0.122. The highest BCUT2D eigenvalue weighted by Crippen LogP contribution is 2.41. The van der Waals surface area contributed by atoms with Crippen LogP contribution in [0.25, 0.3) is 0 Å². The number of aromatic nitrogens is 2. The number of rotatable bonds is 9. The molecule has 15 heteroatoms. The van der Waals surface area contributed by atoms with Crippen molar-refractivity contribution in [3.05, 3.63) is 17.5 Å². The van der Waals surface area contributed by atoms with Gasteiger partial charge in [-0.05, 0) is 17.1 Å². The maximum atomic E-state index is 12.6. The number of oxime groups is 1. The first-order chi connectivity index (χ1) is 14.4. The molecule has 1 aromatic rings. The van der Waals surface area contributed by atoms with Crippen molar-refractivity contribution in [2.24, 2.45) is 5.16 Å². The van der Waals surface area contributed by atoms with Gasteiger partial charge in [-0.2, -0.15) is 0 Å². The molecule has 2 atom stereocenters. The summed E-state index contributed by atoms with van der Waals surface area (Å²) in [6, 6.07) is -0.998. The summed E-state index contributed by atoms with van der Waals surface area (Å²) in [5.74, 6) is -3.26. The highest BCUT2D eigenvalue weighted by Gasteiger charge is 2.54. The normalized spacial score (nSPS) is 21.1. The van der Waals surface area contributed by atoms with E-state index in [1.807, 2.05) is 0 Å². The van der Waals surface area contributed by atoms with Crippen LogP contribution in [0.3, 0.4) is 0 Å². The van der Waals surface area contributed by atoms with Gasteiger partial charge in [0.2, 0.25) is 11.5 Å². The minimum absolute atomic E-state index is 0.0955. The molecule has 0 bridgehead atoms. The van der Waals surface area contributed by atoms with Crippen LogP contribution in [0.4, 0.5) is 0 Å². The summed E-state index contributed by atoms with van der Waals surface area (Å²) in [4.78, 5) is 54.2. The molecule has 3 rings (SSSR count). The second kappa shape index (κ2) is 9.76. The van der Waals surface area contributed by atoms with Crippen molar-refractivity contribution in [3.63, 3.8) is 0 Å². The van der Waals surface area contributed by atoms with Crippen molar-refractivity contribution in [1.29, 1.82) is 0 Å². The minimum atomic E-state index is -1.23. The van der Waals surface area contributed by atoms with Crippen molar-refractivity contribution >= 4 is 75.9 Å². The Morgan fingerprint density at radius 2 is 2.27 bits per heavy atom. The molecule has 30 heavy (non-hydrogen) atoms. The summed E-state index contributed by atoms with van der Waals surface area (Å²) in [5, 5.41) is 18.6. The maximum Gasteiger partial charge on any atom is 0.352 e. The van der Waals surface area contributed by atoms with E-state index in [9.17, 15) is 24.3 Å². The number of thioether (sulfide) groups is 2. The first-order valence-corrected chi connectivity index (χ1v) is 11.5. The number of fused-ring (bicyclic) bond motifs is 1. The lowest BCUT2D eigenvalue weighted by Crippen LogP contribution is -2.71. The van der Waals surface area contributed by atoms with Gasteiger partial charge in [0.1, 0.15) is 28.4 Å². The van der Waals surface area contributed by atoms with Crippen LogP contribution in [0.2, 0.25) is 0 Å². The Balaban J connectivity index is 1.74. The molecule has 11 nitrogen and oxygen atoms in total. The lowest BCUT2D eigenvalue weighted by Gasteiger charge is -2.49. The van der Waals surface area contributed by atoms with Gasteiger partial charge in [0.25, 0.3) is 11.8 Å². The van der Waals surface area contributed by atoms with Crippen LogP contribution < -0.4 is 5.32 Å². The Bertz CT molecular complexity index is 937. The Hall–Kier alpha value is -2.16. The summed E-state index contributed by atoms with van der Waals surface area (Å²) >= 11 is 9.35. The second-order valence-electron chi connectivity index (χ2n) is 5.82. The van der Waals surface area contributed by atoms with Crippen LogP contribution in [0, 0.1) is 0 Å². The van der Waals surface area contributed by atoms with Crippen molar-refractivity contribution in [2.45, 2.75) is 15.6 Å². The fourth-order valence-electron chi connectivity index (χ4n) is 2.76. The highest BCUT2D eigenvalue weighted by atomic mass is 35.5. The molecule has 2 N–H and O–H groups in total. The molecule has 3 heterocycles. The largest absolute Gasteiger partial charge is 0.477 e. The van der Waals surface area contributed by atoms with Crippen LogP contribution in [-0.4, -0.2) is 84.8 Å². The Morgan fingerprint density at radius 1 is 1.50 bits per heavy atom. The Kier molecular flexibility index (Phi) is 7.33. The SMILES string of the molecule is CO/N=C(/C(=O)CCl)C(=O)NC1C(=O)N2C(C(=O)O)=C(CSc3cnns3)CS[C@H]12. The van der Waals surface area contributed by atoms with Gasteiger partial charge in [-0.15, -0.1) is 40.2 Å². The van der Waals surface area contributed by atoms with E-state index in [1.165, 1.54) is 35.1 Å². The molecule has 1 fully saturated rings. The van der Waals surface area contributed by atoms with E-state index in [0.29, 0.717) is 17.1 Å². The molecule has 0 aromatic carbocycles. The number of nitrogens with zero attached hydrogens (tertiary/aromatic N) is 4. The van der Waals surface area contributed by atoms with Crippen LogP contribution >= 0.6 is 46.7 Å². The fraction of sp³-hybridized carbons (Fsp3) is 0.400. The van der Waals surface area contributed by atoms with E-state index in [0.717, 1.165) is 16.2 Å². The number of halogens is 1. The molecule has 1 unspecified atom stereocenters. The predicted molar refractivity (Wildman–Crippen MR) is 110 cm³/mol. The third-order valence-electron chi connectivity index (χ3n) is 4.05. The number of carbonyl (C=O) groups excluding carboxylic acids is 3. The highest BCUT2D eigenvalue weighted by molar-refractivity contribution is 8.01. The molecule has 0 radical (unpaired) electrons. The van der Waals surface area contributed by atoms with E-state index in [1.54, 1.807) is 6.20 Å². The zero-order chi connectivity index (χ0) is 21.8. The van der Waals surface area contributed by atoms with Crippen LogP contribution in [0.1, 0.15) is 0 Å². The topological polar surface area (TPSA) is 151 Å². The van der Waals surface area contributed by atoms with Gasteiger partial charge >= 0.3 is 5.97 Å². The molecule has 0 aliphatic carbocycles. The van der Waals surface area contributed by atoms with Gasteiger partial charge < -0.3 is 15.3 Å². The standard InChI is InChI=1S/C15H14ClN5O6S3/c1-27-19-9(7(22)2-16)12(23)18-10-13(24)21-11(15(25)26)6(5-29-14(10)21)4-28-8-3-17-20-30-8/h3,10,14H,2,4-5H2,1H3,(H,18,23)(H,25,26)/b19-9-/t10?,14-/m1/s1. The molecule has 0 saturated carbocycles. The average Bonchev–Trinajstić information content (AvgIpc) is 3.26. The Morgan fingerprint density at radius 3 is 2.87 bits per heavy atom. The molecule has 2 aliphatic heterocycles. The zero-order valence-corrected chi connectivity index (χ0v) is 18.4. The molecule has 1 saturated heterocycles. The van der Waals surface area contributed by atoms with E-state index in [2.05, 4.69) is 24.9 Å². The number of amides is 2. The molecule has 2 amide bonds. The third kappa shape index (κ3) is 4.45.